The molecule has 0 atom stereocenters. The molecular weight excluding hydrogens is 360 g/mol. The molecule has 12 heteroatoms. The van der Waals surface area contributed by atoms with Gasteiger partial charge in [0.15, 0.2) is 0 Å². The fraction of sp³-hybridized carbons (Fsp3) is 0. The first-order valence-electron chi connectivity index (χ1n) is 6.07. The Labute approximate surface area is 138 Å². The van der Waals surface area contributed by atoms with E-state index in [1.54, 1.807) is 24.3 Å². The van der Waals surface area contributed by atoms with E-state index in [4.69, 9.17) is 32.0 Å². The van der Waals surface area contributed by atoms with Gasteiger partial charge in [-0.1, -0.05) is 0 Å². The molecule has 0 radical (unpaired) electrons. The molecule has 10 N–H and O–H groups in total. The molecule has 10 nitrogen and oxygen atoms in total. The van der Waals surface area contributed by atoms with Crippen molar-refractivity contribution < 1.29 is 25.9 Å². The molecule has 0 amide bonds. The van der Waals surface area contributed by atoms with Gasteiger partial charge in [-0.2, -0.15) is 16.8 Å². The molecule has 0 heterocycles. The van der Waals surface area contributed by atoms with Crippen molar-refractivity contribution in [2.24, 2.45) is 0 Å². The van der Waals surface area contributed by atoms with Crippen LogP contribution in [0, 0.1) is 0 Å². The van der Waals surface area contributed by atoms with Crippen LogP contribution in [0.1, 0.15) is 0 Å². The van der Waals surface area contributed by atoms with Crippen LogP contribution in [0.15, 0.2) is 46.2 Å². The number of rotatable bonds is 2. The number of nitrogens with two attached hydrogens (primary N) is 4. The van der Waals surface area contributed by atoms with Gasteiger partial charge < -0.3 is 22.9 Å². The maximum absolute atomic E-state index is 10.8. The summed E-state index contributed by atoms with van der Waals surface area (Å²) in [7, 11) is -9.38. The van der Waals surface area contributed by atoms with E-state index < -0.39 is 41.4 Å². The van der Waals surface area contributed by atoms with Crippen LogP contribution in [0.2, 0.25) is 0 Å². The van der Waals surface area contributed by atoms with E-state index >= 15 is 0 Å². The number of nitrogen functional groups attached to an aromatic ring is 4. The van der Waals surface area contributed by atoms with Crippen LogP contribution in [0.25, 0.3) is 0 Å². The molecule has 0 aliphatic heterocycles. The minimum atomic E-state index is -4.69. The lowest BCUT2D eigenvalue weighted by atomic mass is 10.3. The van der Waals surface area contributed by atoms with Gasteiger partial charge in [-0.05, 0) is 36.4 Å². The molecule has 0 saturated carbocycles. The third-order valence-corrected chi connectivity index (χ3v) is 4.45. The van der Waals surface area contributed by atoms with Crippen molar-refractivity contribution in [3.63, 3.8) is 0 Å². The number of benzene rings is 2. The number of hydrogen-bond acceptors (Lipinski definition) is 8. The molecule has 2 aromatic rings. The highest BCUT2D eigenvalue weighted by Gasteiger charge is 2.22. The minimum Gasteiger partial charge on any atom is -0.399 e. The Hall–Kier alpha value is -2.54. The predicted octanol–water partition coefficient (Wildman–Crippen LogP) is 0.195. The lowest BCUT2D eigenvalue weighted by Crippen LogP contribution is -2.09. The van der Waals surface area contributed by atoms with E-state index in [-0.39, 0.29) is 0 Å². The normalized spacial score (nSPS) is 11.4. The zero-order valence-electron chi connectivity index (χ0n) is 12.1. The highest BCUT2D eigenvalue weighted by molar-refractivity contribution is 7.86. The molecule has 0 aromatic heterocycles. The average Bonchev–Trinajstić information content (AvgIpc) is 2.40. The van der Waals surface area contributed by atoms with Crippen molar-refractivity contribution in [1.29, 1.82) is 0 Å². The van der Waals surface area contributed by atoms with Gasteiger partial charge in [0.25, 0.3) is 20.2 Å². The van der Waals surface area contributed by atoms with Crippen molar-refractivity contribution in [2.45, 2.75) is 9.79 Å². The Bertz CT molecular complexity index is 866. The summed E-state index contributed by atoms with van der Waals surface area (Å²) in [5.74, 6) is 0. The summed E-state index contributed by atoms with van der Waals surface area (Å²) in [6, 6.07) is 8.39. The highest BCUT2D eigenvalue weighted by Crippen LogP contribution is 2.27. The number of hydrogen-bond donors (Lipinski definition) is 6. The summed E-state index contributed by atoms with van der Waals surface area (Å²) in [4.78, 5) is -1.68. The van der Waals surface area contributed by atoms with Gasteiger partial charge in [0.1, 0.15) is 9.79 Å². The Morgan fingerprint density at radius 1 is 0.625 bits per heavy atom. The topological polar surface area (TPSA) is 213 Å². The maximum atomic E-state index is 10.8. The van der Waals surface area contributed by atoms with Crippen molar-refractivity contribution in [3.05, 3.63) is 36.4 Å². The molecule has 132 valence electrons. The summed E-state index contributed by atoms with van der Waals surface area (Å²) in [5, 5.41) is 0. The van der Waals surface area contributed by atoms with Crippen LogP contribution in [0.4, 0.5) is 22.7 Å². The van der Waals surface area contributed by atoms with Crippen LogP contribution in [0.3, 0.4) is 0 Å². The molecule has 24 heavy (non-hydrogen) atoms. The summed E-state index contributed by atoms with van der Waals surface area (Å²) >= 11 is 0. The first-order chi connectivity index (χ1) is 10.8. The van der Waals surface area contributed by atoms with Gasteiger partial charge in [-0.3, -0.25) is 9.11 Å². The third-order valence-electron chi connectivity index (χ3n) is 2.63. The van der Waals surface area contributed by atoms with Gasteiger partial charge in [0.05, 0.1) is 11.4 Å². The third kappa shape index (κ3) is 5.27. The summed E-state index contributed by atoms with van der Waals surface area (Å²) in [6.45, 7) is 0. The predicted molar refractivity (Wildman–Crippen MR) is 90.2 cm³/mol. The summed E-state index contributed by atoms with van der Waals surface area (Å²) in [6.07, 6.45) is 0. The molecule has 0 aliphatic rings. The summed E-state index contributed by atoms with van der Waals surface area (Å²) in [5.41, 5.74) is 21.8. The molecule has 2 aromatic carbocycles. The van der Waals surface area contributed by atoms with E-state index in [1.807, 2.05) is 0 Å². The Morgan fingerprint density at radius 3 is 1.17 bits per heavy atom. The molecule has 0 bridgehead atoms. The van der Waals surface area contributed by atoms with Crippen LogP contribution in [-0.4, -0.2) is 25.9 Å². The monoisotopic (exact) mass is 376 g/mol. The molecule has 2 rings (SSSR count). The quantitative estimate of drug-likeness (QED) is 0.309. The average molecular weight is 376 g/mol. The van der Waals surface area contributed by atoms with E-state index in [2.05, 4.69) is 0 Å². The van der Waals surface area contributed by atoms with Crippen LogP contribution < -0.4 is 22.9 Å². The van der Waals surface area contributed by atoms with Crippen molar-refractivity contribution in [3.8, 4) is 0 Å². The Kier molecular flexibility index (Phi) is 5.62. The van der Waals surface area contributed by atoms with Crippen molar-refractivity contribution >= 4 is 43.0 Å². The lowest BCUT2D eigenvalue weighted by molar-refractivity contribution is 0.482. The molecular formula is C12H16N4O6S2. The zero-order chi connectivity index (χ0) is 18.7. The van der Waals surface area contributed by atoms with Crippen molar-refractivity contribution in [1.82, 2.24) is 0 Å². The van der Waals surface area contributed by atoms with E-state index in [0.29, 0.717) is 6.07 Å². The zero-order valence-corrected chi connectivity index (χ0v) is 13.8. The Morgan fingerprint density at radius 2 is 0.917 bits per heavy atom. The highest BCUT2D eigenvalue weighted by atomic mass is 32.2. The second kappa shape index (κ2) is 6.92. The maximum Gasteiger partial charge on any atom is 0.296 e. The fourth-order valence-corrected chi connectivity index (χ4v) is 2.86. The summed E-state index contributed by atoms with van der Waals surface area (Å²) < 4.78 is 60.7. The van der Waals surface area contributed by atoms with Gasteiger partial charge in [0, 0.05) is 11.4 Å². The van der Waals surface area contributed by atoms with Crippen LogP contribution >= 0.6 is 0 Å². The largest absolute Gasteiger partial charge is 0.399 e. The SMILES string of the molecule is Nc1cc(N)c(S(=O)(=O)O)cc1S(=O)(=O)O.Nc1ccc(N)cc1. The van der Waals surface area contributed by atoms with E-state index in [1.165, 1.54) is 0 Å². The van der Waals surface area contributed by atoms with Crippen LogP contribution in [-0.2, 0) is 20.2 Å². The van der Waals surface area contributed by atoms with E-state index in [9.17, 15) is 16.8 Å². The van der Waals surface area contributed by atoms with E-state index in [0.717, 1.165) is 17.4 Å². The first-order valence-corrected chi connectivity index (χ1v) is 8.95. The minimum absolute atomic E-state index is 0.424. The number of anilines is 4. The first kappa shape index (κ1) is 19.5. The Balaban J connectivity index is 0.000000300. The van der Waals surface area contributed by atoms with Crippen LogP contribution in [0.5, 0.6) is 0 Å². The van der Waals surface area contributed by atoms with Gasteiger partial charge in [-0.25, -0.2) is 0 Å². The van der Waals surface area contributed by atoms with Gasteiger partial charge in [-0.15, -0.1) is 0 Å². The van der Waals surface area contributed by atoms with Crippen molar-refractivity contribution in [2.75, 3.05) is 22.9 Å². The van der Waals surface area contributed by atoms with Gasteiger partial charge >= 0.3 is 0 Å². The standard InChI is InChI=1S/C6H8N2O6S2.C6H8N2/c7-3-1-4(8)6(16(12,13)14)2-5(3)15(9,10)11;7-5-1-2-6(8)4-3-5/h1-2H,7-8H2,(H,9,10,11)(H,12,13,14);1-4H,7-8H2. The second-order valence-electron chi connectivity index (χ2n) is 4.54. The van der Waals surface area contributed by atoms with Gasteiger partial charge in [0.2, 0.25) is 0 Å². The molecule has 0 fully saturated rings. The lowest BCUT2D eigenvalue weighted by Gasteiger charge is -2.07. The molecule has 0 aliphatic carbocycles. The fourth-order valence-electron chi connectivity index (χ4n) is 1.54. The molecule has 0 saturated heterocycles. The molecule has 0 unspecified atom stereocenters. The smallest absolute Gasteiger partial charge is 0.296 e. The second-order valence-corrected chi connectivity index (χ2v) is 7.32. The molecule has 0 spiro atoms.